The van der Waals surface area contributed by atoms with Crippen molar-refractivity contribution >= 4 is 51.7 Å². The summed E-state index contributed by atoms with van der Waals surface area (Å²) in [6.07, 6.45) is 0. The van der Waals surface area contributed by atoms with Crippen molar-refractivity contribution in [1.29, 1.82) is 0 Å². The van der Waals surface area contributed by atoms with Gasteiger partial charge in [0, 0.05) is 21.8 Å². The molecule has 0 saturated heterocycles. The summed E-state index contributed by atoms with van der Waals surface area (Å²) in [4.78, 5) is 37.1. The molecular weight excluding hydrogens is 448 g/mol. The zero-order valence-electron chi connectivity index (χ0n) is 18.3. The molecule has 3 N–H and O–H groups in total. The highest BCUT2D eigenvalue weighted by atomic mass is 32.2. The van der Waals surface area contributed by atoms with Gasteiger partial charge in [-0.1, -0.05) is 36.4 Å². The highest BCUT2D eigenvalue weighted by Crippen LogP contribution is 2.26. The second kappa shape index (κ2) is 10.2. The van der Waals surface area contributed by atoms with Gasteiger partial charge in [-0.15, -0.1) is 11.8 Å². The van der Waals surface area contributed by atoms with E-state index in [1.54, 1.807) is 37.3 Å². The zero-order valence-corrected chi connectivity index (χ0v) is 19.1. The summed E-state index contributed by atoms with van der Waals surface area (Å²) in [5, 5.41) is 16.4. The maximum absolute atomic E-state index is 12.6. The lowest BCUT2D eigenvalue weighted by atomic mass is 10.1. The number of thioether (sulfide) groups is 1. The third-order valence-electron chi connectivity index (χ3n) is 5.18. The number of hydrogen-bond donors (Lipinski definition) is 3. The lowest BCUT2D eigenvalue weighted by Gasteiger charge is -2.13. The van der Waals surface area contributed by atoms with Crippen LogP contribution in [0.2, 0.25) is 0 Å². The maximum Gasteiger partial charge on any atom is 0.335 e. The normalized spacial score (nSPS) is 11.6. The lowest BCUT2D eigenvalue weighted by Crippen LogP contribution is -2.22. The van der Waals surface area contributed by atoms with Crippen LogP contribution in [-0.4, -0.2) is 28.1 Å². The number of carboxylic acid groups (broad SMARTS) is 1. The van der Waals surface area contributed by atoms with Gasteiger partial charge in [0.15, 0.2) is 0 Å². The van der Waals surface area contributed by atoms with E-state index in [1.165, 1.54) is 23.9 Å². The van der Waals surface area contributed by atoms with Crippen molar-refractivity contribution in [2.24, 2.45) is 0 Å². The fraction of sp³-hybridized carbons (Fsp3) is 0.0741. The van der Waals surface area contributed by atoms with Crippen molar-refractivity contribution in [3.63, 3.8) is 0 Å². The van der Waals surface area contributed by atoms with Crippen molar-refractivity contribution in [2.75, 3.05) is 10.6 Å². The monoisotopic (exact) mass is 470 g/mol. The van der Waals surface area contributed by atoms with E-state index in [0.717, 1.165) is 15.7 Å². The molecule has 0 radical (unpaired) electrons. The van der Waals surface area contributed by atoms with Crippen LogP contribution in [0.1, 0.15) is 27.6 Å². The number of amides is 2. The number of carbonyl (C=O) groups excluding carboxylic acids is 2. The summed E-state index contributed by atoms with van der Waals surface area (Å²) in [7, 11) is 0. The first kappa shape index (κ1) is 23.1. The number of aromatic carboxylic acids is 1. The minimum atomic E-state index is -1.05. The van der Waals surface area contributed by atoms with Crippen LogP contribution in [0.25, 0.3) is 10.8 Å². The van der Waals surface area contributed by atoms with Crippen LogP contribution in [0.15, 0.2) is 95.9 Å². The van der Waals surface area contributed by atoms with Gasteiger partial charge in [-0.25, -0.2) is 4.79 Å². The molecule has 2 amide bonds. The van der Waals surface area contributed by atoms with Gasteiger partial charge >= 0.3 is 5.97 Å². The number of benzene rings is 4. The number of hydrogen-bond acceptors (Lipinski definition) is 4. The average molecular weight is 471 g/mol. The van der Waals surface area contributed by atoms with Crippen molar-refractivity contribution in [3.8, 4) is 0 Å². The molecule has 0 fully saturated rings. The van der Waals surface area contributed by atoms with Crippen molar-refractivity contribution in [2.45, 2.75) is 17.1 Å². The first-order valence-electron chi connectivity index (χ1n) is 10.6. The van der Waals surface area contributed by atoms with Crippen LogP contribution in [0, 0.1) is 0 Å². The first-order chi connectivity index (χ1) is 16.4. The van der Waals surface area contributed by atoms with E-state index < -0.39 is 11.2 Å². The number of carboxylic acids is 1. The number of anilines is 2. The quantitative estimate of drug-likeness (QED) is 0.292. The van der Waals surface area contributed by atoms with Crippen LogP contribution in [0.5, 0.6) is 0 Å². The molecule has 0 saturated carbocycles. The van der Waals surface area contributed by atoms with Crippen molar-refractivity contribution in [1.82, 2.24) is 0 Å². The molecule has 6 nitrogen and oxygen atoms in total. The molecule has 0 bridgehead atoms. The SMILES string of the molecule is CC(Sc1ccc(NC(=O)c2ccc3ccccc3c2)cc1)C(=O)Nc1cccc(C(=O)O)c1. The Kier molecular flexibility index (Phi) is 6.94. The van der Waals surface area contributed by atoms with E-state index >= 15 is 0 Å². The maximum atomic E-state index is 12.6. The first-order valence-corrected chi connectivity index (χ1v) is 11.5. The minimum Gasteiger partial charge on any atom is -0.478 e. The van der Waals surface area contributed by atoms with Gasteiger partial charge in [0.1, 0.15) is 0 Å². The second-order valence-corrected chi connectivity index (χ2v) is 9.09. The molecule has 0 aliphatic carbocycles. The fourth-order valence-corrected chi connectivity index (χ4v) is 4.25. The largest absolute Gasteiger partial charge is 0.478 e. The van der Waals surface area contributed by atoms with E-state index in [0.29, 0.717) is 16.9 Å². The third kappa shape index (κ3) is 5.63. The molecule has 1 unspecified atom stereocenters. The van der Waals surface area contributed by atoms with Gasteiger partial charge in [0.25, 0.3) is 5.91 Å². The zero-order chi connectivity index (χ0) is 24.1. The van der Waals surface area contributed by atoms with Crippen LogP contribution in [-0.2, 0) is 4.79 Å². The van der Waals surface area contributed by atoms with Gasteiger partial charge in [0.05, 0.1) is 10.8 Å². The van der Waals surface area contributed by atoms with E-state index in [1.807, 2.05) is 48.5 Å². The smallest absolute Gasteiger partial charge is 0.335 e. The minimum absolute atomic E-state index is 0.111. The molecule has 7 heteroatoms. The molecule has 4 aromatic rings. The van der Waals surface area contributed by atoms with Crippen LogP contribution < -0.4 is 10.6 Å². The molecule has 0 heterocycles. The Morgan fingerprint density at radius 3 is 2.21 bits per heavy atom. The summed E-state index contributed by atoms with van der Waals surface area (Å²) >= 11 is 1.37. The van der Waals surface area contributed by atoms with E-state index in [4.69, 9.17) is 5.11 Å². The van der Waals surface area contributed by atoms with E-state index in [2.05, 4.69) is 10.6 Å². The molecule has 34 heavy (non-hydrogen) atoms. The number of rotatable bonds is 7. The Morgan fingerprint density at radius 2 is 1.47 bits per heavy atom. The van der Waals surface area contributed by atoms with Crippen LogP contribution in [0.4, 0.5) is 11.4 Å². The summed E-state index contributed by atoms with van der Waals surface area (Å²) < 4.78 is 0. The Balaban J connectivity index is 1.35. The highest BCUT2D eigenvalue weighted by Gasteiger charge is 2.16. The van der Waals surface area contributed by atoms with Crippen molar-refractivity contribution in [3.05, 3.63) is 102 Å². The molecule has 0 aliphatic rings. The van der Waals surface area contributed by atoms with Gasteiger partial charge < -0.3 is 15.7 Å². The molecule has 0 aliphatic heterocycles. The Morgan fingerprint density at radius 1 is 0.735 bits per heavy atom. The molecular formula is C27H22N2O4S. The molecule has 0 spiro atoms. The van der Waals surface area contributed by atoms with E-state index in [9.17, 15) is 14.4 Å². The number of fused-ring (bicyclic) bond motifs is 1. The lowest BCUT2D eigenvalue weighted by molar-refractivity contribution is -0.115. The van der Waals surface area contributed by atoms with Gasteiger partial charge in [-0.3, -0.25) is 9.59 Å². The Bertz CT molecular complexity index is 1370. The number of carbonyl (C=O) groups is 3. The highest BCUT2D eigenvalue weighted by molar-refractivity contribution is 8.00. The van der Waals surface area contributed by atoms with E-state index in [-0.39, 0.29) is 17.4 Å². The third-order valence-corrected chi connectivity index (χ3v) is 6.29. The summed E-state index contributed by atoms with van der Waals surface area (Å²) in [5.41, 5.74) is 1.78. The second-order valence-electron chi connectivity index (χ2n) is 7.68. The molecule has 1 atom stereocenters. The van der Waals surface area contributed by atoms with Crippen LogP contribution >= 0.6 is 11.8 Å². The van der Waals surface area contributed by atoms with Gasteiger partial charge in [-0.05, 0) is 72.3 Å². The summed E-state index contributed by atoms with van der Waals surface area (Å²) in [5.74, 6) is -1.48. The topological polar surface area (TPSA) is 95.5 Å². The Hall–Kier alpha value is -4.10. The fourth-order valence-electron chi connectivity index (χ4n) is 3.38. The molecule has 0 aromatic heterocycles. The molecule has 170 valence electrons. The standard InChI is InChI=1S/C27H22N2O4S/c1-17(25(30)29-23-8-4-7-21(16-23)27(32)33)34-24-13-11-22(12-14-24)28-26(31)20-10-9-18-5-2-3-6-19(18)15-20/h2-17H,1H3,(H,28,31)(H,29,30)(H,32,33). The molecule has 4 aromatic carbocycles. The summed E-state index contributed by atoms with van der Waals surface area (Å²) in [6, 6.07) is 26.9. The van der Waals surface area contributed by atoms with Crippen molar-refractivity contribution < 1.29 is 19.5 Å². The number of nitrogens with one attached hydrogen (secondary N) is 2. The van der Waals surface area contributed by atoms with Gasteiger partial charge in [0.2, 0.25) is 5.91 Å². The van der Waals surface area contributed by atoms with Crippen LogP contribution in [0.3, 0.4) is 0 Å². The molecule has 4 rings (SSSR count). The predicted molar refractivity (Wildman–Crippen MR) is 136 cm³/mol. The Labute approximate surface area is 201 Å². The average Bonchev–Trinajstić information content (AvgIpc) is 2.85. The predicted octanol–water partition coefficient (Wildman–Crippen LogP) is 5.91. The van der Waals surface area contributed by atoms with Gasteiger partial charge in [-0.2, -0.15) is 0 Å². The summed E-state index contributed by atoms with van der Waals surface area (Å²) in [6.45, 7) is 1.77.